The zero-order valence-corrected chi connectivity index (χ0v) is 6.93. The van der Waals surface area contributed by atoms with E-state index in [0.717, 1.165) is 17.1 Å². The second-order valence-corrected chi connectivity index (χ2v) is 2.72. The van der Waals surface area contributed by atoms with Crippen molar-refractivity contribution < 1.29 is 22.0 Å². The van der Waals surface area contributed by atoms with E-state index in [2.05, 4.69) is 4.98 Å². The maximum Gasteiger partial charge on any atom is 0.394 e. The minimum atomic E-state index is -4.40. The fraction of sp³-hybridized carbons (Fsp3) is 0.571. The van der Waals surface area contributed by atoms with E-state index >= 15 is 0 Å². The van der Waals surface area contributed by atoms with E-state index in [4.69, 9.17) is 0 Å². The summed E-state index contributed by atoms with van der Waals surface area (Å²) in [5.74, 6) is 0. The van der Waals surface area contributed by atoms with Crippen LogP contribution in [0.3, 0.4) is 0 Å². The van der Waals surface area contributed by atoms with E-state index in [1.165, 1.54) is 0 Å². The molecule has 1 rings (SSSR count). The molecule has 1 aromatic rings. The van der Waals surface area contributed by atoms with Gasteiger partial charge in [-0.3, -0.25) is 0 Å². The Morgan fingerprint density at radius 3 is 2.50 bits per heavy atom. The molecule has 0 aliphatic carbocycles. The molecule has 80 valence electrons. The Morgan fingerprint density at radius 2 is 2.00 bits per heavy atom. The van der Waals surface area contributed by atoms with E-state index in [-0.39, 0.29) is 5.69 Å². The van der Waals surface area contributed by atoms with Crippen LogP contribution in [0.1, 0.15) is 5.69 Å². The predicted octanol–water partition coefficient (Wildman–Crippen LogP) is 2.25. The Balaban J connectivity index is 2.72. The van der Waals surface area contributed by atoms with Gasteiger partial charge in [-0.05, 0) is 0 Å². The number of hydrogen-bond acceptors (Lipinski definition) is 1. The van der Waals surface area contributed by atoms with Crippen molar-refractivity contribution >= 4 is 0 Å². The van der Waals surface area contributed by atoms with Gasteiger partial charge < -0.3 is 4.57 Å². The van der Waals surface area contributed by atoms with Gasteiger partial charge in [-0.2, -0.15) is 13.2 Å². The predicted molar refractivity (Wildman–Crippen MR) is 38.0 cm³/mol. The van der Waals surface area contributed by atoms with E-state index in [1.807, 2.05) is 0 Å². The summed E-state index contributed by atoms with van der Waals surface area (Å²) in [7, 11) is 0. The highest BCUT2D eigenvalue weighted by Gasteiger charge is 2.29. The zero-order chi connectivity index (χ0) is 10.8. The summed E-state index contributed by atoms with van der Waals surface area (Å²) < 4.78 is 60.3. The lowest BCUT2D eigenvalue weighted by molar-refractivity contribution is -0.128. The van der Waals surface area contributed by atoms with Crippen LogP contribution in [0, 0.1) is 0 Å². The summed E-state index contributed by atoms with van der Waals surface area (Å²) in [6.45, 7) is -0.759. The van der Waals surface area contributed by atoms with Crippen LogP contribution in [0.4, 0.5) is 22.0 Å². The van der Waals surface area contributed by atoms with Gasteiger partial charge in [0.15, 0.2) is 0 Å². The number of aromatic nitrogens is 2. The van der Waals surface area contributed by atoms with Crippen molar-refractivity contribution in [3.8, 4) is 0 Å². The van der Waals surface area contributed by atoms with Gasteiger partial charge in [-0.15, -0.1) is 0 Å². The van der Waals surface area contributed by atoms with Gasteiger partial charge in [0.2, 0.25) is 0 Å². The largest absolute Gasteiger partial charge is 0.394 e. The number of nitrogens with zero attached hydrogens (tertiary/aromatic N) is 2. The summed E-state index contributed by atoms with van der Waals surface area (Å²) in [5.41, 5.74) is -0.252. The van der Waals surface area contributed by atoms with Crippen molar-refractivity contribution in [2.45, 2.75) is 25.6 Å². The summed E-state index contributed by atoms with van der Waals surface area (Å²) in [6, 6.07) is 0. The molecule has 0 saturated heterocycles. The molecule has 14 heavy (non-hydrogen) atoms. The first kappa shape index (κ1) is 10.9. The van der Waals surface area contributed by atoms with Crippen LogP contribution < -0.4 is 0 Å². The molecule has 1 heterocycles. The smallest absolute Gasteiger partial charge is 0.329 e. The number of rotatable bonds is 3. The third kappa shape index (κ3) is 3.31. The Labute approximate surface area is 76.4 Å². The second kappa shape index (κ2) is 3.93. The first-order valence-electron chi connectivity index (χ1n) is 3.72. The van der Waals surface area contributed by atoms with Crippen molar-refractivity contribution in [2.75, 3.05) is 0 Å². The van der Waals surface area contributed by atoms with Crippen LogP contribution in [-0.2, 0) is 13.0 Å². The van der Waals surface area contributed by atoms with Gasteiger partial charge in [0.25, 0.3) is 6.43 Å². The minimum absolute atomic E-state index is 0.252. The summed E-state index contributed by atoms with van der Waals surface area (Å²) in [4.78, 5) is 3.39. The molecule has 0 aliphatic heterocycles. The molecule has 0 spiro atoms. The quantitative estimate of drug-likeness (QED) is 0.705. The fourth-order valence-electron chi connectivity index (χ4n) is 1.01. The van der Waals surface area contributed by atoms with Crippen LogP contribution in [0.2, 0.25) is 0 Å². The molecule has 0 amide bonds. The maximum atomic E-state index is 11.9. The van der Waals surface area contributed by atoms with E-state index in [9.17, 15) is 22.0 Å². The normalized spacial score (nSPS) is 12.4. The van der Waals surface area contributed by atoms with Gasteiger partial charge >= 0.3 is 6.18 Å². The first-order chi connectivity index (χ1) is 6.38. The van der Waals surface area contributed by atoms with Crippen LogP contribution in [-0.4, -0.2) is 22.2 Å². The van der Waals surface area contributed by atoms with Crippen molar-refractivity contribution in [3.63, 3.8) is 0 Å². The van der Waals surface area contributed by atoms with E-state index < -0.39 is 25.6 Å². The topological polar surface area (TPSA) is 17.8 Å². The average molecular weight is 214 g/mol. The van der Waals surface area contributed by atoms with Gasteiger partial charge in [0, 0.05) is 11.9 Å². The highest BCUT2D eigenvalue weighted by Crippen LogP contribution is 2.21. The van der Waals surface area contributed by atoms with Gasteiger partial charge in [-0.25, -0.2) is 13.8 Å². The van der Waals surface area contributed by atoms with Crippen LogP contribution >= 0.6 is 0 Å². The monoisotopic (exact) mass is 214 g/mol. The molecule has 7 heteroatoms. The molecule has 0 aliphatic rings. The van der Waals surface area contributed by atoms with Crippen LogP contribution in [0.5, 0.6) is 0 Å². The SMILES string of the molecule is FC(F)Cn1cncc1CC(F)(F)F. The third-order valence-corrected chi connectivity index (χ3v) is 1.51. The molecule has 0 unspecified atom stereocenters. The average Bonchev–Trinajstić information content (AvgIpc) is 2.32. The lowest BCUT2D eigenvalue weighted by atomic mass is 10.3. The van der Waals surface area contributed by atoms with E-state index in [1.54, 1.807) is 0 Å². The number of hydrogen-bond donors (Lipinski definition) is 0. The van der Waals surface area contributed by atoms with Crippen LogP contribution in [0.25, 0.3) is 0 Å². The summed E-state index contributed by atoms with van der Waals surface area (Å²) >= 11 is 0. The molecule has 0 atom stereocenters. The first-order valence-corrected chi connectivity index (χ1v) is 3.72. The molecule has 0 N–H and O–H groups in total. The van der Waals surface area contributed by atoms with Crippen molar-refractivity contribution in [2.24, 2.45) is 0 Å². The lowest BCUT2D eigenvalue weighted by Gasteiger charge is -2.09. The van der Waals surface area contributed by atoms with Crippen molar-refractivity contribution in [3.05, 3.63) is 18.2 Å². The van der Waals surface area contributed by atoms with Gasteiger partial charge in [0.05, 0.1) is 19.3 Å². The number of alkyl halides is 5. The number of halogens is 5. The van der Waals surface area contributed by atoms with Crippen molar-refractivity contribution in [1.29, 1.82) is 0 Å². The van der Waals surface area contributed by atoms with Crippen LogP contribution in [0.15, 0.2) is 12.5 Å². The van der Waals surface area contributed by atoms with Gasteiger partial charge in [-0.1, -0.05) is 0 Å². The Bertz CT molecular complexity index is 291. The Morgan fingerprint density at radius 1 is 1.36 bits per heavy atom. The minimum Gasteiger partial charge on any atom is -0.329 e. The molecule has 0 saturated carbocycles. The highest BCUT2D eigenvalue weighted by molar-refractivity contribution is 5.00. The molecule has 1 aromatic heterocycles. The second-order valence-electron chi connectivity index (χ2n) is 2.72. The van der Waals surface area contributed by atoms with E-state index in [0.29, 0.717) is 0 Å². The lowest BCUT2D eigenvalue weighted by Crippen LogP contribution is -2.17. The molecular weight excluding hydrogens is 207 g/mol. The molecule has 0 aromatic carbocycles. The Hall–Kier alpha value is -1.14. The molecule has 2 nitrogen and oxygen atoms in total. The number of imidazole rings is 1. The highest BCUT2D eigenvalue weighted by atomic mass is 19.4. The summed E-state index contributed by atoms with van der Waals surface area (Å²) in [5, 5.41) is 0. The summed E-state index contributed by atoms with van der Waals surface area (Å²) in [6.07, 6.45) is -6.42. The third-order valence-electron chi connectivity index (χ3n) is 1.51. The zero-order valence-electron chi connectivity index (χ0n) is 6.93. The fourth-order valence-corrected chi connectivity index (χ4v) is 1.01. The molecule has 0 radical (unpaired) electrons. The standard InChI is InChI=1S/C7H7F5N2/c8-6(9)3-14-4-13-2-5(14)1-7(10,11)12/h2,4,6H,1,3H2. The maximum absolute atomic E-state index is 11.9. The molecule has 0 fully saturated rings. The van der Waals surface area contributed by atoms with Gasteiger partial charge in [0.1, 0.15) is 0 Å². The van der Waals surface area contributed by atoms with Crippen molar-refractivity contribution in [1.82, 2.24) is 9.55 Å². The molecular formula is C7H7F5N2. The Kier molecular flexibility index (Phi) is 3.07. The molecule has 0 bridgehead atoms.